The van der Waals surface area contributed by atoms with E-state index in [0.29, 0.717) is 0 Å². The summed E-state index contributed by atoms with van der Waals surface area (Å²) in [7, 11) is 0. The lowest BCUT2D eigenvalue weighted by Crippen LogP contribution is -1.92. The summed E-state index contributed by atoms with van der Waals surface area (Å²) in [6, 6.07) is 9.66. The van der Waals surface area contributed by atoms with Crippen LogP contribution in [0.5, 0.6) is 11.5 Å². The number of imidazole rings is 1. The van der Waals surface area contributed by atoms with Crippen molar-refractivity contribution in [3.05, 3.63) is 48.9 Å². The zero-order valence-electron chi connectivity index (χ0n) is 10.5. The molecule has 0 atom stereocenters. The molecule has 0 fully saturated rings. The second-order valence-electron chi connectivity index (χ2n) is 4.46. The highest BCUT2D eigenvalue weighted by molar-refractivity contribution is 5.66. The number of hydrogen-bond acceptors (Lipinski definition) is 4. The molecule has 0 saturated heterocycles. The molecule has 3 aromatic rings. The molecule has 20 heavy (non-hydrogen) atoms. The van der Waals surface area contributed by atoms with Crippen LogP contribution in [0.3, 0.4) is 0 Å². The quantitative estimate of drug-likeness (QED) is 0.774. The average molecular weight is 265 g/mol. The van der Waals surface area contributed by atoms with Crippen LogP contribution in [-0.2, 0) is 0 Å². The summed E-state index contributed by atoms with van der Waals surface area (Å²) >= 11 is 0. The van der Waals surface area contributed by atoms with Crippen molar-refractivity contribution in [1.82, 2.24) is 15.0 Å². The van der Waals surface area contributed by atoms with E-state index >= 15 is 0 Å². The molecule has 0 unspecified atom stereocenters. The molecule has 0 spiro atoms. The van der Waals surface area contributed by atoms with Gasteiger partial charge in [-0.3, -0.25) is 4.98 Å². The highest BCUT2D eigenvalue weighted by Crippen LogP contribution is 2.35. The molecule has 4 rings (SSSR count). The van der Waals surface area contributed by atoms with Crippen molar-refractivity contribution < 1.29 is 9.47 Å². The number of aromatic nitrogens is 3. The Morgan fingerprint density at radius 2 is 1.95 bits per heavy atom. The molecule has 3 heterocycles. The first-order valence-corrected chi connectivity index (χ1v) is 6.25. The van der Waals surface area contributed by atoms with Crippen molar-refractivity contribution in [1.29, 1.82) is 0 Å². The third kappa shape index (κ3) is 1.80. The second kappa shape index (κ2) is 4.38. The Bertz CT molecular complexity index is 753. The van der Waals surface area contributed by atoms with Gasteiger partial charge in [0.05, 0.1) is 11.9 Å². The van der Waals surface area contributed by atoms with Crippen LogP contribution in [0.15, 0.2) is 48.9 Å². The Labute approximate surface area is 115 Å². The fraction of sp³-hybridized carbons (Fsp3) is 0.0667. The number of ether oxygens (including phenoxy) is 2. The Morgan fingerprint density at radius 3 is 2.85 bits per heavy atom. The lowest BCUT2D eigenvalue weighted by molar-refractivity contribution is 0.174. The van der Waals surface area contributed by atoms with E-state index in [9.17, 15) is 0 Å². The maximum atomic E-state index is 5.38. The monoisotopic (exact) mass is 265 g/mol. The molecule has 98 valence electrons. The minimum Gasteiger partial charge on any atom is -0.454 e. The average Bonchev–Trinajstić information content (AvgIpc) is 3.16. The van der Waals surface area contributed by atoms with Gasteiger partial charge in [0.15, 0.2) is 11.5 Å². The van der Waals surface area contributed by atoms with Crippen LogP contribution >= 0.6 is 0 Å². The van der Waals surface area contributed by atoms with Crippen LogP contribution < -0.4 is 9.47 Å². The van der Waals surface area contributed by atoms with E-state index in [4.69, 9.17) is 9.47 Å². The highest BCUT2D eigenvalue weighted by atomic mass is 16.7. The van der Waals surface area contributed by atoms with Crippen molar-refractivity contribution in [2.45, 2.75) is 0 Å². The number of pyridine rings is 1. The minimum absolute atomic E-state index is 0.276. The number of aromatic amines is 1. The maximum absolute atomic E-state index is 5.38. The first kappa shape index (κ1) is 11.0. The van der Waals surface area contributed by atoms with Crippen molar-refractivity contribution in [3.8, 4) is 34.1 Å². The van der Waals surface area contributed by atoms with Gasteiger partial charge >= 0.3 is 0 Å². The van der Waals surface area contributed by atoms with E-state index in [1.54, 1.807) is 18.6 Å². The third-order valence-corrected chi connectivity index (χ3v) is 3.19. The number of H-pyrrole nitrogens is 1. The van der Waals surface area contributed by atoms with Crippen molar-refractivity contribution in [3.63, 3.8) is 0 Å². The molecule has 1 aromatic carbocycles. The van der Waals surface area contributed by atoms with Crippen molar-refractivity contribution in [2.24, 2.45) is 0 Å². The summed E-state index contributed by atoms with van der Waals surface area (Å²) in [6.45, 7) is 0.276. The summed E-state index contributed by atoms with van der Waals surface area (Å²) in [5.74, 6) is 2.32. The summed E-state index contributed by atoms with van der Waals surface area (Å²) in [6.07, 6.45) is 5.35. The number of rotatable bonds is 2. The van der Waals surface area contributed by atoms with Gasteiger partial charge in [-0.05, 0) is 30.3 Å². The molecule has 0 aliphatic carbocycles. The van der Waals surface area contributed by atoms with Crippen LogP contribution in [0.4, 0.5) is 0 Å². The summed E-state index contributed by atoms with van der Waals surface area (Å²) < 4.78 is 10.7. The molecule has 0 radical (unpaired) electrons. The van der Waals surface area contributed by atoms with E-state index in [0.717, 1.165) is 34.1 Å². The highest BCUT2D eigenvalue weighted by Gasteiger charge is 2.15. The summed E-state index contributed by atoms with van der Waals surface area (Å²) in [5.41, 5.74) is 2.90. The minimum atomic E-state index is 0.276. The van der Waals surface area contributed by atoms with Crippen molar-refractivity contribution in [2.75, 3.05) is 6.79 Å². The summed E-state index contributed by atoms with van der Waals surface area (Å²) in [5, 5.41) is 0. The molecule has 1 aliphatic heterocycles. The summed E-state index contributed by atoms with van der Waals surface area (Å²) in [4.78, 5) is 11.8. The largest absolute Gasteiger partial charge is 0.454 e. The molecule has 1 aliphatic rings. The zero-order chi connectivity index (χ0) is 13.4. The van der Waals surface area contributed by atoms with E-state index in [1.165, 1.54) is 0 Å². The van der Waals surface area contributed by atoms with Gasteiger partial charge in [-0.15, -0.1) is 0 Å². The lowest BCUT2D eigenvalue weighted by Gasteiger charge is -2.00. The maximum Gasteiger partial charge on any atom is 0.231 e. The molecule has 5 heteroatoms. The van der Waals surface area contributed by atoms with E-state index < -0.39 is 0 Å². The number of fused-ring (bicyclic) bond motifs is 1. The molecular formula is C15H11N3O2. The fourth-order valence-electron chi connectivity index (χ4n) is 2.18. The number of nitrogens with one attached hydrogen (secondary N) is 1. The van der Waals surface area contributed by atoms with Crippen LogP contribution in [0.1, 0.15) is 0 Å². The van der Waals surface area contributed by atoms with Gasteiger partial charge in [-0.25, -0.2) is 4.98 Å². The van der Waals surface area contributed by atoms with Gasteiger partial charge in [-0.2, -0.15) is 0 Å². The fourth-order valence-corrected chi connectivity index (χ4v) is 2.18. The molecule has 5 nitrogen and oxygen atoms in total. The van der Waals surface area contributed by atoms with Crippen LogP contribution in [-0.4, -0.2) is 21.7 Å². The van der Waals surface area contributed by atoms with Crippen LogP contribution in [0, 0.1) is 0 Å². The van der Waals surface area contributed by atoms with Crippen LogP contribution in [0.25, 0.3) is 22.6 Å². The van der Waals surface area contributed by atoms with Gasteiger partial charge in [0, 0.05) is 23.5 Å². The molecule has 0 bridgehead atoms. The zero-order valence-corrected chi connectivity index (χ0v) is 10.5. The molecule has 1 N–H and O–H groups in total. The van der Waals surface area contributed by atoms with E-state index in [1.807, 2.05) is 30.3 Å². The lowest BCUT2D eigenvalue weighted by atomic mass is 10.2. The Hall–Kier alpha value is -2.82. The molecular weight excluding hydrogens is 254 g/mol. The van der Waals surface area contributed by atoms with Crippen LogP contribution in [0.2, 0.25) is 0 Å². The van der Waals surface area contributed by atoms with E-state index in [2.05, 4.69) is 15.0 Å². The Balaban J connectivity index is 1.72. The van der Waals surface area contributed by atoms with Gasteiger partial charge in [0.1, 0.15) is 5.82 Å². The van der Waals surface area contributed by atoms with Gasteiger partial charge in [0.25, 0.3) is 0 Å². The normalized spacial score (nSPS) is 12.6. The number of nitrogens with zero attached hydrogens (tertiary/aromatic N) is 2. The SMILES string of the molecule is c1cncc(-c2cnc(-c3ccc4c(c3)OCO4)[nH]2)c1. The van der Waals surface area contributed by atoms with E-state index in [-0.39, 0.29) is 6.79 Å². The second-order valence-corrected chi connectivity index (χ2v) is 4.46. The Morgan fingerprint density at radius 1 is 1.00 bits per heavy atom. The third-order valence-electron chi connectivity index (χ3n) is 3.19. The number of benzene rings is 1. The molecule has 2 aromatic heterocycles. The predicted molar refractivity (Wildman–Crippen MR) is 73.4 cm³/mol. The Kier molecular flexibility index (Phi) is 2.42. The van der Waals surface area contributed by atoms with Gasteiger partial charge < -0.3 is 14.5 Å². The first-order valence-electron chi connectivity index (χ1n) is 6.25. The molecule has 0 amide bonds. The molecule has 0 saturated carbocycles. The topological polar surface area (TPSA) is 60.0 Å². The van der Waals surface area contributed by atoms with Crippen molar-refractivity contribution >= 4 is 0 Å². The first-order chi connectivity index (χ1) is 9.90. The van der Waals surface area contributed by atoms with Gasteiger partial charge in [-0.1, -0.05) is 0 Å². The number of hydrogen-bond donors (Lipinski definition) is 1. The van der Waals surface area contributed by atoms with Gasteiger partial charge in [0.2, 0.25) is 6.79 Å². The smallest absolute Gasteiger partial charge is 0.231 e. The predicted octanol–water partition coefficient (Wildman–Crippen LogP) is 2.87. The standard InChI is InChI=1S/C15H11N3O2/c1-2-11(7-16-5-1)12-8-17-15(18-12)10-3-4-13-14(6-10)20-9-19-13/h1-8H,9H2,(H,17,18).